The van der Waals surface area contributed by atoms with E-state index < -0.39 is 128 Å². The van der Waals surface area contributed by atoms with Gasteiger partial charge in [0.25, 0.3) is 0 Å². The fourth-order valence-electron chi connectivity index (χ4n) is 6.25. The highest BCUT2D eigenvalue weighted by molar-refractivity contribution is 6.76. The molecule has 0 unspecified atom stereocenters. The summed E-state index contributed by atoms with van der Waals surface area (Å²) in [5.41, 5.74) is -1.94. The Morgan fingerprint density at radius 1 is 0.697 bits per heavy atom. The molecule has 0 bridgehead atoms. The molecule has 7 nitrogen and oxygen atoms in total. The van der Waals surface area contributed by atoms with Crippen molar-refractivity contribution < 1.29 is 112 Å². The molecule has 1 N–H and O–H groups in total. The average Bonchev–Trinajstić information content (AvgIpc) is 3.19. The molecule has 0 aromatic heterocycles. The van der Waals surface area contributed by atoms with Crippen LogP contribution in [0, 0.1) is 11.6 Å². The fraction of sp³-hybridized carbons (Fsp3) is 0.590. The second-order valence-electron chi connectivity index (χ2n) is 15.2. The topological polar surface area (TPSA) is 83.1 Å². The van der Waals surface area contributed by atoms with E-state index in [0.29, 0.717) is 6.07 Å². The van der Waals surface area contributed by atoms with Gasteiger partial charge in [-0.3, -0.25) is 5.32 Å². The minimum Gasteiger partial charge on any atom is -0.491 e. The van der Waals surface area contributed by atoms with E-state index in [4.69, 9.17) is 18.6 Å². The molecule has 2 aromatic rings. The molecule has 376 valence electrons. The van der Waals surface area contributed by atoms with Crippen molar-refractivity contribution in [3.63, 3.8) is 0 Å². The maximum absolute atomic E-state index is 15.0. The molecule has 0 aliphatic carbocycles. The molecule has 0 spiro atoms. The Labute approximate surface area is 365 Å². The van der Waals surface area contributed by atoms with Gasteiger partial charge in [0, 0.05) is 24.5 Å². The number of rotatable bonds is 23. The summed E-state index contributed by atoms with van der Waals surface area (Å²) in [5, 5.41) is 2.10. The third-order valence-corrected chi connectivity index (χ3v) is 15.9. The number of hydrogen-bond donors (Lipinski definition) is 1. The average molecular weight is 1010 g/mol. The zero-order valence-corrected chi connectivity index (χ0v) is 36.2. The summed E-state index contributed by atoms with van der Waals surface area (Å²) < 4.78 is 285. The third-order valence-electron chi connectivity index (χ3n) is 10.2. The van der Waals surface area contributed by atoms with Crippen LogP contribution in [-0.2, 0) is 18.7 Å². The SMILES string of the molecule is CCOC(=O)/C(C)=C/C[C@@H](OC(=O)Nc1ccc(F)cc1F)c1ccc(OCCO[Si](CCC(F)(F)C(F)(F)C(F)(F)C(F)(F)C(F)(F)C(F)(F)C(F)(F)C(F)(F)F)(C(C)C)C(C)C)cc1. The van der Waals surface area contributed by atoms with Gasteiger partial charge >= 0.3 is 59.7 Å². The molecule has 1 atom stereocenters. The third kappa shape index (κ3) is 11.6. The lowest BCUT2D eigenvalue weighted by atomic mass is 9.88. The van der Waals surface area contributed by atoms with Crippen molar-refractivity contribution in [3.05, 3.63) is 71.3 Å². The first-order valence-electron chi connectivity index (χ1n) is 19.2. The summed E-state index contributed by atoms with van der Waals surface area (Å²) in [6.07, 6.45) is -11.7. The molecule has 2 rings (SSSR count). The van der Waals surface area contributed by atoms with E-state index in [1.54, 1.807) is 6.92 Å². The van der Waals surface area contributed by atoms with Gasteiger partial charge < -0.3 is 18.6 Å². The lowest BCUT2D eigenvalue weighted by molar-refractivity contribution is -0.461. The predicted octanol–water partition coefficient (Wildman–Crippen LogP) is 13.7. The van der Waals surface area contributed by atoms with E-state index in [0.717, 1.165) is 12.1 Å². The van der Waals surface area contributed by atoms with Crippen LogP contribution in [0.15, 0.2) is 54.1 Å². The number of anilines is 1. The Morgan fingerprint density at radius 2 is 1.20 bits per heavy atom. The maximum atomic E-state index is 15.0. The number of alkyl halides is 17. The lowest BCUT2D eigenvalue weighted by Crippen LogP contribution is -2.74. The molecule has 27 heteroatoms. The lowest BCUT2D eigenvalue weighted by Gasteiger charge is -2.44. The fourth-order valence-corrected chi connectivity index (χ4v) is 10.7. The summed E-state index contributed by atoms with van der Waals surface area (Å²) in [6, 6.07) is 6.19. The number of nitrogens with one attached hydrogen (secondary N) is 1. The minimum atomic E-state index is -8.72. The van der Waals surface area contributed by atoms with Crippen LogP contribution in [0.5, 0.6) is 5.75 Å². The normalized spacial score (nSPS) is 14.7. The van der Waals surface area contributed by atoms with Gasteiger partial charge in [-0.15, -0.1) is 0 Å². The zero-order valence-electron chi connectivity index (χ0n) is 35.2. The van der Waals surface area contributed by atoms with Crippen molar-refractivity contribution in [2.24, 2.45) is 0 Å². The van der Waals surface area contributed by atoms with Gasteiger partial charge in [-0.1, -0.05) is 45.9 Å². The molecule has 1 amide bonds. The molecular weight excluding hydrogens is 967 g/mol. The molecule has 0 aliphatic heterocycles. The van der Waals surface area contributed by atoms with Crippen LogP contribution >= 0.6 is 0 Å². The largest absolute Gasteiger partial charge is 0.491 e. The van der Waals surface area contributed by atoms with Gasteiger partial charge in [0.1, 0.15) is 30.1 Å². The van der Waals surface area contributed by atoms with Crippen LogP contribution < -0.4 is 10.1 Å². The standard InChI is InChI=1S/C39H42F19NO6Si/c1-7-62-30(60)23(6)8-15-29(65-31(61)59-28-14-11-25(40)20-27(28)41)24-9-12-26(13-10-24)63-17-18-64-66(21(2)3,22(4)5)19-16-32(42,43)33(44,45)34(46,47)35(48,49)36(50,51)37(52,53)38(54,55)39(56,57)58/h8-14,20-22,29H,7,15-19H2,1-6H3,(H,59,61)/b23-8+/t29-/m1/s1. The van der Waals surface area contributed by atoms with Crippen molar-refractivity contribution in [1.29, 1.82) is 0 Å². The number of benzene rings is 2. The Morgan fingerprint density at radius 3 is 1.67 bits per heavy atom. The molecule has 0 aliphatic rings. The van der Waals surface area contributed by atoms with Crippen LogP contribution in [0.25, 0.3) is 0 Å². The highest BCUT2D eigenvalue weighted by atomic mass is 28.4. The second kappa shape index (κ2) is 20.8. The summed E-state index contributed by atoms with van der Waals surface area (Å²) in [7, 11) is -4.05. The van der Waals surface area contributed by atoms with E-state index in [1.807, 2.05) is 0 Å². The number of carbonyl (C=O) groups is 2. The monoisotopic (exact) mass is 1010 g/mol. The van der Waals surface area contributed by atoms with Gasteiger partial charge in [0.15, 0.2) is 8.32 Å². The van der Waals surface area contributed by atoms with Gasteiger partial charge in [-0.05, 0) is 60.8 Å². The van der Waals surface area contributed by atoms with Crippen LogP contribution in [0.3, 0.4) is 0 Å². The maximum Gasteiger partial charge on any atom is 0.460 e. The van der Waals surface area contributed by atoms with Crippen molar-refractivity contribution >= 4 is 26.1 Å². The van der Waals surface area contributed by atoms with Gasteiger partial charge in [0.2, 0.25) is 0 Å². The number of carbonyl (C=O) groups excluding carboxylic acids is 2. The second-order valence-corrected chi connectivity index (χ2v) is 20.2. The first-order chi connectivity index (χ1) is 29.8. The minimum absolute atomic E-state index is 0.0308. The van der Waals surface area contributed by atoms with Crippen molar-refractivity contribution in [2.45, 2.75) is 125 Å². The predicted molar refractivity (Wildman–Crippen MR) is 198 cm³/mol. The van der Waals surface area contributed by atoms with Gasteiger partial charge in [-0.2, -0.15) is 74.6 Å². The quantitative estimate of drug-likeness (QED) is 0.0393. The smallest absolute Gasteiger partial charge is 0.460 e. The van der Waals surface area contributed by atoms with Crippen molar-refractivity contribution in [2.75, 3.05) is 25.1 Å². The molecule has 0 saturated carbocycles. The van der Waals surface area contributed by atoms with Crippen LogP contribution in [0.4, 0.5) is 93.9 Å². The van der Waals surface area contributed by atoms with E-state index in [1.165, 1.54) is 65.0 Å². The molecular formula is C39H42F19NO6Si. The first kappa shape index (κ1) is 57.7. The molecule has 2 aromatic carbocycles. The summed E-state index contributed by atoms with van der Waals surface area (Å²) in [5.74, 6) is -59.7. The number of hydrogen-bond acceptors (Lipinski definition) is 6. The Kier molecular flexibility index (Phi) is 18.2. The summed E-state index contributed by atoms with van der Waals surface area (Å²) >= 11 is 0. The van der Waals surface area contributed by atoms with Crippen LogP contribution in [0.2, 0.25) is 17.1 Å². The van der Waals surface area contributed by atoms with Gasteiger partial charge in [-0.25, -0.2) is 18.4 Å². The van der Waals surface area contributed by atoms with E-state index in [2.05, 4.69) is 5.32 Å². The van der Waals surface area contributed by atoms with Gasteiger partial charge in [0.05, 0.1) is 18.9 Å². The number of esters is 1. The Hall–Kier alpha value is -4.43. The van der Waals surface area contributed by atoms with Crippen LogP contribution in [0.1, 0.15) is 66.1 Å². The van der Waals surface area contributed by atoms with E-state index in [-0.39, 0.29) is 29.9 Å². The highest BCUT2D eigenvalue weighted by Crippen LogP contribution is 2.64. The zero-order chi connectivity index (χ0) is 51.3. The number of ether oxygens (including phenoxy) is 3. The highest BCUT2D eigenvalue weighted by Gasteiger charge is 2.95. The van der Waals surface area contributed by atoms with E-state index in [9.17, 15) is 93.0 Å². The summed E-state index contributed by atoms with van der Waals surface area (Å²) in [6.45, 7) is 7.06. The molecule has 0 fully saturated rings. The molecule has 0 heterocycles. The van der Waals surface area contributed by atoms with E-state index >= 15 is 0 Å². The Balaban J connectivity index is 2.30. The summed E-state index contributed by atoms with van der Waals surface area (Å²) in [4.78, 5) is 24.8. The number of halogens is 19. The number of amides is 1. The van der Waals surface area contributed by atoms with Crippen molar-refractivity contribution in [1.82, 2.24) is 0 Å². The molecule has 66 heavy (non-hydrogen) atoms. The van der Waals surface area contributed by atoms with Crippen molar-refractivity contribution in [3.8, 4) is 5.75 Å². The van der Waals surface area contributed by atoms with Crippen LogP contribution in [-0.4, -0.2) is 87.8 Å². The first-order valence-corrected chi connectivity index (χ1v) is 21.4. The Bertz CT molecular complexity index is 1980. The molecule has 0 saturated heterocycles. The molecule has 0 radical (unpaired) electrons.